The molecule has 7 aromatic carbocycles. The van der Waals surface area contributed by atoms with Crippen LogP contribution in [-0.4, -0.2) is 0 Å². The minimum atomic E-state index is -0.0132. The van der Waals surface area contributed by atoms with Crippen molar-refractivity contribution in [3.8, 4) is 82.9 Å². The molecule has 0 saturated carbocycles. The highest BCUT2D eigenvalue weighted by molar-refractivity contribution is 6.39. The quantitative estimate of drug-likeness (QED) is 0.143. The molecule has 314 valence electrons. The summed E-state index contributed by atoms with van der Waals surface area (Å²) in [6, 6.07) is 62.3. The molecule has 10 heteroatoms. The van der Waals surface area contributed by atoms with Crippen LogP contribution in [0.15, 0.2) is 146 Å². The van der Waals surface area contributed by atoms with Crippen molar-refractivity contribution in [2.24, 2.45) is 0 Å². The molecule has 0 aromatic heterocycles. The van der Waals surface area contributed by atoms with Crippen LogP contribution in [0.25, 0.3) is 66.8 Å². The van der Waals surface area contributed by atoms with Gasteiger partial charge in [-0.15, -0.1) is 0 Å². The van der Waals surface area contributed by atoms with E-state index in [-0.39, 0.29) is 66.8 Å². The van der Waals surface area contributed by atoms with Crippen molar-refractivity contribution in [3.05, 3.63) is 223 Å². The van der Waals surface area contributed by atoms with Crippen LogP contribution in [-0.2, 0) is 0 Å². The van der Waals surface area contributed by atoms with Crippen LogP contribution in [0.5, 0.6) is 0 Å². The van der Waals surface area contributed by atoms with Gasteiger partial charge in [0.15, 0.2) is 0 Å². The van der Waals surface area contributed by atoms with Crippen LogP contribution < -0.4 is 0 Å². The molecule has 0 aliphatic heterocycles. The first kappa shape index (κ1) is 43.6. The molecule has 0 heterocycles. The Bertz CT molecular complexity index is 3790. The van der Waals surface area contributed by atoms with E-state index in [2.05, 4.69) is 60.7 Å². The van der Waals surface area contributed by atoms with Crippen LogP contribution in [0.4, 0.5) is 0 Å². The standard InChI is InChI=1S/C60H24N10/c61-25-35-11-15-43(16-12-35)53-57-49(33-69)51(41-7-3-1-4-8-41)55(47(31-67)45-21-37(27-63)19-38(22-45)28-64)59(57)54(44-17-13-36(26-62)14-18-44)60-56(48(32-68)46-23-39(29-65)20-40(24-46)30-66)52(50(34-70)58(53)60)42-9-5-2-6-10-42/h1-24H/b55-47+,56-48+. The SMILES string of the molecule is N#CC1=C(c2ccccc2)/C(=C(/C#N)c2cc(C#N)cc(C#N)c2)c2c1c(-c1ccc(C#N)cc1)c1c(c2-c2ccc(C#N)cc2)/C(=C(\C#N)c2cc(C#N)cc(C#N)c2)C(c2ccccc2)=C1C#N. The number of rotatable bonds is 6. The van der Waals surface area contributed by atoms with Gasteiger partial charge in [0.05, 0.1) is 92.1 Å². The minimum Gasteiger partial charge on any atom is -0.192 e. The predicted molar refractivity (Wildman–Crippen MR) is 261 cm³/mol. The van der Waals surface area contributed by atoms with Gasteiger partial charge < -0.3 is 0 Å². The Morgan fingerprint density at radius 3 is 0.871 bits per heavy atom. The number of hydrogen-bond acceptors (Lipinski definition) is 10. The van der Waals surface area contributed by atoms with Crippen LogP contribution in [0, 0.1) is 113 Å². The van der Waals surface area contributed by atoms with Crippen molar-refractivity contribution in [1.82, 2.24) is 0 Å². The Morgan fingerprint density at radius 1 is 0.271 bits per heavy atom. The summed E-state index contributed by atoms with van der Waals surface area (Å²) in [5.74, 6) is 0. The first-order valence-electron chi connectivity index (χ1n) is 21.2. The average Bonchev–Trinajstić information content (AvgIpc) is 3.93. The molecule has 10 nitrogen and oxygen atoms in total. The highest BCUT2D eigenvalue weighted by Crippen LogP contribution is 2.63. The molecule has 9 rings (SSSR count). The summed E-state index contributed by atoms with van der Waals surface area (Å²) in [5, 5.41) is 107. The second kappa shape index (κ2) is 18.1. The first-order valence-corrected chi connectivity index (χ1v) is 21.2. The van der Waals surface area contributed by atoms with E-state index in [0.717, 1.165) is 0 Å². The van der Waals surface area contributed by atoms with Gasteiger partial charge >= 0.3 is 0 Å². The second-order valence-electron chi connectivity index (χ2n) is 15.9. The second-order valence-corrected chi connectivity index (χ2v) is 15.9. The summed E-state index contributed by atoms with van der Waals surface area (Å²) in [5.41, 5.74) is 6.65. The maximum Gasteiger partial charge on any atom is 0.100 e. The lowest BCUT2D eigenvalue weighted by atomic mass is 9.77. The van der Waals surface area contributed by atoms with E-state index >= 15 is 0 Å². The van der Waals surface area contributed by atoms with Gasteiger partial charge in [0.1, 0.15) is 24.3 Å². The molecule has 0 N–H and O–H groups in total. The molecule has 0 atom stereocenters. The van der Waals surface area contributed by atoms with Crippen molar-refractivity contribution in [3.63, 3.8) is 0 Å². The van der Waals surface area contributed by atoms with Gasteiger partial charge in [-0.3, -0.25) is 0 Å². The van der Waals surface area contributed by atoms with E-state index in [4.69, 9.17) is 0 Å². The van der Waals surface area contributed by atoms with Crippen LogP contribution in [0.3, 0.4) is 0 Å². The Morgan fingerprint density at radius 2 is 0.586 bits per heavy atom. The van der Waals surface area contributed by atoms with E-state index in [1.54, 1.807) is 109 Å². The molecule has 0 unspecified atom stereocenters. The Balaban J connectivity index is 1.66. The molecule has 0 radical (unpaired) electrons. The first-order chi connectivity index (χ1) is 34.3. The summed E-state index contributed by atoms with van der Waals surface area (Å²) < 4.78 is 0. The van der Waals surface area contributed by atoms with E-state index in [1.807, 2.05) is 0 Å². The van der Waals surface area contributed by atoms with Gasteiger partial charge in [-0.2, -0.15) is 52.6 Å². The summed E-state index contributed by atoms with van der Waals surface area (Å²) >= 11 is 0. The molecule has 0 fully saturated rings. The third-order valence-electron chi connectivity index (χ3n) is 12.1. The van der Waals surface area contributed by atoms with Gasteiger partial charge in [-0.05, 0) is 99.6 Å². The van der Waals surface area contributed by atoms with Gasteiger partial charge in [0.2, 0.25) is 0 Å². The zero-order valence-electron chi connectivity index (χ0n) is 36.3. The van der Waals surface area contributed by atoms with Crippen LogP contribution >= 0.6 is 0 Å². The molecule has 2 aliphatic carbocycles. The Labute approximate surface area is 401 Å². The number of nitrogens with zero attached hydrogens (tertiary/aromatic N) is 10. The summed E-state index contributed by atoms with van der Waals surface area (Å²) in [6.45, 7) is 0. The summed E-state index contributed by atoms with van der Waals surface area (Å²) in [4.78, 5) is 0. The monoisotopic (exact) mass is 884 g/mol. The molecule has 2 aliphatic rings. The maximum absolute atomic E-state index is 11.7. The van der Waals surface area contributed by atoms with Crippen LogP contribution in [0.1, 0.15) is 77.9 Å². The van der Waals surface area contributed by atoms with Crippen molar-refractivity contribution >= 4 is 44.6 Å². The molecule has 70 heavy (non-hydrogen) atoms. The van der Waals surface area contributed by atoms with Gasteiger partial charge in [-0.25, -0.2) is 0 Å². The number of nitriles is 10. The molecule has 0 saturated heterocycles. The zero-order chi connectivity index (χ0) is 49.1. The molecule has 0 bridgehead atoms. The van der Waals surface area contributed by atoms with Crippen molar-refractivity contribution in [2.45, 2.75) is 0 Å². The zero-order valence-corrected chi connectivity index (χ0v) is 36.3. The van der Waals surface area contributed by atoms with Gasteiger partial charge in [0, 0.05) is 50.1 Å². The van der Waals surface area contributed by atoms with E-state index in [1.165, 1.54) is 36.4 Å². The van der Waals surface area contributed by atoms with Crippen molar-refractivity contribution in [2.75, 3.05) is 0 Å². The fraction of sp³-hybridized carbons (Fsp3) is 0. The lowest BCUT2D eigenvalue weighted by Gasteiger charge is -2.24. The topological polar surface area (TPSA) is 238 Å². The fourth-order valence-corrected chi connectivity index (χ4v) is 9.34. The molecule has 0 amide bonds. The molecular formula is C60H24N10. The largest absolute Gasteiger partial charge is 0.192 e. The van der Waals surface area contributed by atoms with E-state index in [0.29, 0.717) is 77.9 Å². The number of allylic oxidation sites excluding steroid dienone is 8. The number of hydrogen-bond donors (Lipinski definition) is 0. The van der Waals surface area contributed by atoms with Crippen molar-refractivity contribution < 1.29 is 0 Å². The normalized spacial score (nSPS) is 13.2. The molecular weight excluding hydrogens is 861 g/mol. The number of fused-ring (bicyclic) bond motifs is 2. The Kier molecular flexibility index (Phi) is 11.3. The smallest absolute Gasteiger partial charge is 0.100 e. The van der Waals surface area contributed by atoms with Gasteiger partial charge in [0.25, 0.3) is 0 Å². The summed E-state index contributed by atoms with van der Waals surface area (Å²) in [6.07, 6.45) is 0. The summed E-state index contributed by atoms with van der Waals surface area (Å²) in [7, 11) is 0. The van der Waals surface area contributed by atoms with E-state index < -0.39 is 0 Å². The molecule has 0 spiro atoms. The van der Waals surface area contributed by atoms with E-state index in [9.17, 15) is 52.6 Å². The van der Waals surface area contributed by atoms with Gasteiger partial charge in [-0.1, -0.05) is 84.9 Å². The highest BCUT2D eigenvalue weighted by atomic mass is 14.5. The van der Waals surface area contributed by atoms with Crippen LogP contribution in [0.2, 0.25) is 0 Å². The lowest BCUT2D eigenvalue weighted by Crippen LogP contribution is -2.05. The third-order valence-corrected chi connectivity index (χ3v) is 12.1. The molecule has 7 aromatic rings. The Hall–Kier alpha value is -11.6. The highest BCUT2D eigenvalue weighted by Gasteiger charge is 2.44. The fourth-order valence-electron chi connectivity index (χ4n) is 9.34. The third kappa shape index (κ3) is 7.08. The lowest BCUT2D eigenvalue weighted by molar-refractivity contribution is 1.42. The average molecular weight is 885 g/mol. The maximum atomic E-state index is 11.7. The number of benzene rings is 7. The minimum absolute atomic E-state index is 0.0132. The predicted octanol–water partition coefficient (Wildman–Crippen LogP) is 12.0. The van der Waals surface area contributed by atoms with Crippen molar-refractivity contribution in [1.29, 1.82) is 52.6 Å².